The number of anilines is 1. The number of nitrogens with zero attached hydrogens (tertiary/aromatic N) is 1. The second-order valence-corrected chi connectivity index (χ2v) is 9.34. The number of carbonyl (C=O) groups excluding carboxylic acids is 1. The fourth-order valence-electron chi connectivity index (χ4n) is 5.57. The van der Waals surface area contributed by atoms with Crippen molar-refractivity contribution in [2.45, 2.75) is 57.0 Å². The SMILES string of the molecule is COc1ccc(C23CCC(NC(=O)Nc4ccc(C)c(C)c4)CC2N(C)CC3)cc1OC. The number of fused-ring (bicyclic) bond motifs is 1. The van der Waals surface area contributed by atoms with Crippen molar-refractivity contribution in [1.82, 2.24) is 10.2 Å². The fourth-order valence-corrected chi connectivity index (χ4v) is 5.57. The van der Waals surface area contributed by atoms with Gasteiger partial charge in [-0.2, -0.15) is 0 Å². The van der Waals surface area contributed by atoms with Crippen molar-refractivity contribution >= 4 is 11.7 Å². The number of likely N-dealkylation sites (tertiary alicyclic amines) is 1. The molecule has 3 atom stereocenters. The number of likely N-dealkylation sites (N-methyl/N-ethyl adjacent to an activating group) is 1. The van der Waals surface area contributed by atoms with E-state index in [0.29, 0.717) is 6.04 Å². The number of hydrogen-bond acceptors (Lipinski definition) is 4. The average Bonchev–Trinajstić information content (AvgIpc) is 3.13. The average molecular weight is 438 g/mol. The van der Waals surface area contributed by atoms with Crippen LogP contribution < -0.4 is 20.1 Å². The highest BCUT2D eigenvalue weighted by molar-refractivity contribution is 5.89. The number of rotatable bonds is 5. The van der Waals surface area contributed by atoms with E-state index in [4.69, 9.17) is 9.47 Å². The summed E-state index contributed by atoms with van der Waals surface area (Å²) in [6, 6.07) is 12.8. The van der Waals surface area contributed by atoms with E-state index in [1.165, 1.54) is 16.7 Å². The Morgan fingerprint density at radius 2 is 1.81 bits per heavy atom. The molecule has 0 aromatic heterocycles. The lowest BCUT2D eigenvalue weighted by molar-refractivity contribution is 0.156. The lowest BCUT2D eigenvalue weighted by Crippen LogP contribution is -2.52. The summed E-state index contributed by atoms with van der Waals surface area (Å²) in [5, 5.41) is 6.23. The summed E-state index contributed by atoms with van der Waals surface area (Å²) in [6.45, 7) is 5.19. The van der Waals surface area contributed by atoms with Crippen LogP contribution in [0.2, 0.25) is 0 Å². The van der Waals surface area contributed by atoms with E-state index in [1.54, 1.807) is 14.2 Å². The zero-order chi connectivity index (χ0) is 22.9. The molecule has 2 N–H and O–H groups in total. The van der Waals surface area contributed by atoms with Crippen molar-refractivity contribution in [1.29, 1.82) is 0 Å². The van der Waals surface area contributed by atoms with Crippen LogP contribution in [0.3, 0.4) is 0 Å². The lowest BCUT2D eigenvalue weighted by atomic mass is 9.65. The van der Waals surface area contributed by atoms with Crippen LogP contribution in [0.4, 0.5) is 10.5 Å². The van der Waals surface area contributed by atoms with E-state index in [0.717, 1.165) is 49.4 Å². The zero-order valence-corrected chi connectivity index (χ0v) is 19.8. The van der Waals surface area contributed by atoms with Gasteiger partial charge in [0.25, 0.3) is 0 Å². The number of carbonyl (C=O) groups is 1. The van der Waals surface area contributed by atoms with Crippen LogP contribution >= 0.6 is 0 Å². The van der Waals surface area contributed by atoms with Gasteiger partial charge in [0.2, 0.25) is 0 Å². The summed E-state index contributed by atoms with van der Waals surface area (Å²) in [7, 11) is 5.55. The van der Waals surface area contributed by atoms with E-state index in [2.05, 4.69) is 48.6 Å². The molecule has 6 nitrogen and oxygen atoms in total. The van der Waals surface area contributed by atoms with Gasteiger partial charge >= 0.3 is 6.03 Å². The molecule has 4 rings (SSSR count). The molecule has 1 aliphatic carbocycles. The largest absolute Gasteiger partial charge is 0.493 e. The van der Waals surface area contributed by atoms with Gasteiger partial charge < -0.3 is 25.0 Å². The number of hydrogen-bond donors (Lipinski definition) is 2. The van der Waals surface area contributed by atoms with Crippen molar-refractivity contribution in [3.05, 3.63) is 53.1 Å². The van der Waals surface area contributed by atoms with Gasteiger partial charge in [-0.05, 0) is 94.1 Å². The minimum absolute atomic E-state index is 0.0804. The molecular formula is C26H35N3O3. The van der Waals surface area contributed by atoms with Gasteiger partial charge in [-0.1, -0.05) is 12.1 Å². The third kappa shape index (κ3) is 4.16. The normalized spacial score (nSPS) is 25.2. The van der Waals surface area contributed by atoms with Crippen molar-refractivity contribution < 1.29 is 14.3 Å². The zero-order valence-electron chi connectivity index (χ0n) is 19.8. The van der Waals surface area contributed by atoms with E-state index < -0.39 is 0 Å². The number of benzene rings is 2. The maximum atomic E-state index is 12.7. The molecule has 0 spiro atoms. The highest BCUT2D eigenvalue weighted by Crippen LogP contribution is 2.49. The first-order chi connectivity index (χ1) is 15.4. The summed E-state index contributed by atoms with van der Waals surface area (Å²) in [5.74, 6) is 1.54. The van der Waals surface area contributed by atoms with Gasteiger partial charge in [0.05, 0.1) is 14.2 Å². The second-order valence-electron chi connectivity index (χ2n) is 9.34. The van der Waals surface area contributed by atoms with Gasteiger partial charge in [0.1, 0.15) is 0 Å². The third-order valence-electron chi connectivity index (χ3n) is 7.59. The quantitative estimate of drug-likeness (QED) is 0.716. The first-order valence-corrected chi connectivity index (χ1v) is 11.4. The summed E-state index contributed by atoms with van der Waals surface area (Å²) < 4.78 is 11.0. The van der Waals surface area contributed by atoms with Crippen LogP contribution in [0, 0.1) is 13.8 Å². The number of methoxy groups -OCH3 is 2. The molecule has 1 heterocycles. The minimum atomic E-state index is -0.127. The lowest BCUT2D eigenvalue weighted by Gasteiger charge is -2.45. The third-order valence-corrected chi connectivity index (χ3v) is 7.59. The van der Waals surface area contributed by atoms with Crippen LogP contribution in [0.15, 0.2) is 36.4 Å². The molecule has 2 aliphatic rings. The molecule has 0 bridgehead atoms. The monoisotopic (exact) mass is 437 g/mol. The van der Waals surface area contributed by atoms with Gasteiger partial charge in [0, 0.05) is 23.2 Å². The Morgan fingerprint density at radius 3 is 2.53 bits per heavy atom. The molecule has 0 radical (unpaired) electrons. The molecule has 172 valence electrons. The molecule has 2 amide bonds. The Labute approximate surface area is 191 Å². The van der Waals surface area contributed by atoms with Crippen molar-refractivity contribution in [2.75, 3.05) is 33.1 Å². The van der Waals surface area contributed by atoms with Gasteiger partial charge in [0.15, 0.2) is 11.5 Å². The predicted molar refractivity (Wildman–Crippen MR) is 128 cm³/mol. The molecule has 1 saturated carbocycles. The van der Waals surface area contributed by atoms with Crippen molar-refractivity contribution in [3.8, 4) is 11.5 Å². The summed E-state index contributed by atoms with van der Waals surface area (Å²) in [5.41, 5.74) is 4.62. The highest BCUT2D eigenvalue weighted by atomic mass is 16.5. The number of amides is 2. The van der Waals surface area contributed by atoms with Crippen LogP contribution in [0.25, 0.3) is 0 Å². The number of aryl methyl sites for hydroxylation is 2. The molecule has 3 unspecified atom stereocenters. The maximum Gasteiger partial charge on any atom is 0.319 e. The van der Waals surface area contributed by atoms with Gasteiger partial charge in [-0.25, -0.2) is 4.79 Å². The Kier molecular flexibility index (Phi) is 6.33. The van der Waals surface area contributed by atoms with Crippen LogP contribution in [-0.4, -0.2) is 50.8 Å². The number of ether oxygens (including phenoxy) is 2. The Morgan fingerprint density at radius 1 is 1.03 bits per heavy atom. The molecule has 32 heavy (non-hydrogen) atoms. The predicted octanol–water partition coefficient (Wildman–Crippen LogP) is 4.64. The molecule has 6 heteroatoms. The summed E-state index contributed by atoms with van der Waals surface area (Å²) >= 11 is 0. The van der Waals surface area contributed by atoms with E-state index in [-0.39, 0.29) is 17.5 Å². The van der Waals surface area contributed by atoms with Crippen molar-refractivity contribution in [3.63, 3.8) is 0 Å². The smallest absolute Gasteiger partial charge is 0.319 e. The van der Waals surface area contributed by atoms with E-state index in [9.17, 15) is 4.79 Å². The molecule has 1 saturated heterocycles. The first-order valence-electron chi connectivity index (χ1n) is 11.4. The number of nitrogens with one attached hydrogen (secondary N) is 2. The molecule has 2 aromatic rings. The topological polar surface area (TPSA) is 62.8 Å². The highest BCUT2D eigenvalue weighted by Gasteiger charge is 2.50. The van der Waals surface area contributed by atoms with Crippen LogP contribution in [0.1, 0.15) is 42.4 Å². The molecular weight excluding hydrogens is 402 g/mol. The Balaban J connectivity index is 1.47. The van der Waals surface area contributed by atoms with Gasteiger partial charge in [-0.3, -0.25) is 0 Å². The second kappa shape index (κ2) is 9.02. The van der Waals surface area contributed by atoms with Crippen molar-refractivity contribution in [2.24, 2.45) is 0 Å². The van der Waals surface area contributed by atoms with Crippen LogP contribution in [-0.2, 0) is 5.41 Å². The number of urea groups is 1. The first kappa shape index (κ1) is 22.5. The minimum Gasteiger partial charge on any atom is -0.493 e. The fraction of sp³-hybridized carbons (Fsp3) is 0.500. The van der Waals surface area contributed by atoms with Crippen LogP contribution in [0.5, 0.6) is 11.5 Å². The molecule has 1 aliphatic heterocycles. The standard InChI is InChI=1S/C26H35N3O3/c1-17-6-8-20(14-18(17)2)27-25(30)28-21-10-11-26(12-13-29(3)24(26)16-21)19-7-9-22(31-4)23(15-19)32-5/h6-9,14-15,21,24H,10-13,16H2,1-5H3,(H2,27,28,30). The van der Waals surface area contributed by atoms with Gasteiger partial charge in [-0.15, -0.1) is 0 Å². The Hall–Kier alpha value is -2.73. The maximum absolute atomic E-state index is 12.7. The summed E-state index contributed by atoms with van der Waals surface area (Å²) in [4.78, 5) is 15.1. The van der Waals surface area contributed by atoms with E-state index >= 15 is 0 Å². The van der Waals surface area contributed by atoms with E-state index in [1.807, 2.05) is 24.3 Å². The summed E-state index contributed by atoms with van der Waals surface area (Å²) in [6.07, 6.45) is 4.04. The Bertz CT molecular complexity index is 992. The molecule has 2 fully saturated rings. The molecule has 2 aromatic carbocycles.